The van der Waals surface area contributed by atoms with E-state index < -0.39 is 0 Å². The lowest BCUT2D eigenvalue weighted by atomic mass is 9.92. The number of urea groups is 1. The molecule has 1 atom stereocenters. The van der Waals surface area contributed by atoms with E-state index in [1.165, 1.54) is 17.7 Å². The van der Waals surface area contributed by atoms with Crippen LogP contribution in [0.3, 0.4) is 0 Å². The lowest BCUT2D eigenvalue weighted by Crippen LogP contribution is -2.70. The van der Waals surface area contributed by atoms with Crippen LogP contribution in [0.2, 0.25) is 0 Å². The maximum Gasteiger partial charge on any atom is 0.321 e. The average Bonchev–Trinajstić information content (AvgIpc) is 2.75. The summed E-state index contributed by atoms with van der Waals surface area (Å²) in [4.78, 5) is 19.7. The van der Waals surface area contributed by atoms with Crippen LogP contribution < -0.4 is 10.1 Å². The van der Waals surface area contributed by atoms with Crippen LogP contribution in [0.5, 0.6) is 5.75 Å². The van der Waals surface area contributed by atoms with Crippen molar-refractivity contribution in [2.45, 2.75) is 32.0 Å². The maximum atomic E-state index is 13.1. The van der Waals surface area contributed by atoms with Crippen LogP contribution >= 0.6 is 0 Å². The van der Waals surface area contributed by atoms with Gasteiger partial charge in [0.2, 0.25) is 0 Å². The van der Waals surface area contributed by atoms with Gasteiger partial charge in [0.1, 0.15) is 11.6 Å². The summed E-state index contributed by atoms with van der Waals surface area (Å²) in [6, 6.07) is 14.3. The summed E-state index contributed by atoms with van der Waals surface area (Å²) in [6.45, 7) is 9.56. The number of nitrogens with one attached hydrogen (secondary N) is 1. The number of carbonyl (C=O) groups is 1. The fourth-order valence-electron chi connectivity index (χ4n) is 4.84. The lowest BCUT2D eigenvalue weighted by Gasteiger charge is -2.55. The second-order valence-corrected chi connectivity index (χ2v) is 9.06. The van der Waals surface area contributed by atoms with Crippen molar-refractivity contribution in [2.75, 3.05) is 45.2 Å². The molecule has 2 aliphatic rings. The zero-order chi connectivity index (χ0) is 22.0. The monoisotopic (exact) mass is 426 g/mol. The molecule has 7 heteroatoms. The molecule has 4 rings (SSSR count). The molecule has 2 heterocycles. The zero-order valence-electron chi connectivity index (χ0n) is 18.5. The van der Waals surface area contributed by atoms with E-state index in [-0.39, 0.29) is 23.4 Å². The van der Waals surface area contributed by atoms with E-state index in [2.05, 4.69) is 41.1 Å². The number of ether oxygens (including phenoxy) is 1. The van der Waals surface area contributed by atoms with Gasteiger partial charge in [-0.2, -0.15) is 0 Å². The number of halogens is 1. The van der Waals surface area contributed by atoms with E-state index in [0.717, 1.165) is 31.9 Å². The Balaban J connectivity index is 1.40. The molecular formula is C24H31FN4O2. The van der Waals surface area contributed by atoms with E-state index in [1.54, 1.807) is 19.2 Å². The molecule has 2 amide bonds. The molecule has 0 radical (unpaired) electrons. The van der Waals surface area contributed by atoms with Crippen LogP contribution in [0.1, 0.15) is 19.4 Å². The second-order valence-electron chi connectivity index (χ2n) is 9.06. The third kappa shape index (κ3) is 4.99. The Morgan fingerprint density at radius 1 is 1.10 bits per heavy atom. The molecule has 0 bridgehead atoms. The van der Waals surface area contributed by atoms with E-state index >= 15 is 0 Å². The third-order valence-electron chi connectivity index (χ3n) is 6.29. The summed E-state index contributed by atoms with van der Waals surface area (Å²) in [6.07, 6.45) is 0. The molecule has 2 fully saturated rings. The highest BCUT2D eigenvalue weighted by molar-refractivity contribution is 5.89. The first kappa shape index (κ1) is 21.6. The van der Waals surface area contributed by atoms with Gasteiger partial charge in [-0.1, -0.05) is 12.1 Å². The molecule has 6 nitrogen and oxygen atoms in total. The summed E-state index contributed by atoms with van der Waals surface area (Å²) in [7, 11) is 1.68. The number of anilines is 1. The number of nitrogens with zero attached hydrogens (tertiary/aromatic N) is 3. The molecule has 2 saturated heterocycles. The van der Waals surface area contributed by atoms with E-state index in [9.17, 15) is 9.18 Å². The van der Waals surface area contributed by atoms with Gasteiger partial charge in [0.05, 0.1) is 7.11 Å². The quantitative estimate of drug-likeness (QED) is 0.811. The molecule has 2 aromatic carbocycles. The minimum atomic E-state index is -0.312. The van der Waals surface area contributed by atoms with Crippen LogP contribution in [-0.4, -0.2) is 72.1 Å². The van der Waals surface area contributed by atoms with Gasteiger partial charge in [-0.05, 0) is 55.8 Å². The maximum absolute atomic E-state index is 13.1. The Morgan fingerprint density at radius 3 is 2.48 bits per heavy atom. The van der Waals surface area contributed by atoms with Crippen LogP contribution in [0.25, 0.3) is 0 Å². The van der Waals surface area contributed by atoms with Crippen LogP contribution in [0.4, 0.5) is 14.9 Å². The molecule has 0 aromatic heterocycles. The number of methoxy groups -OCH3 is 1. The molecule has 1 N–H and O–H groups in total. The summed E-state index contributed by atoms with van der Waals surface area (Å²) < 4.78 is 18.4. The summed E-state index contributed by atoms with van der Waals surface area (Å²) in [5, 5.41) is 2.89. The number of hydrogen-bond acceptors (Lipinski definition) is 4. The SMILES string of the molecule is COc1ccc(CN2CC3CN(C(=O)Nc4ccc(F)cc4)CCN3C(C)(C)C2)cc1. The number of rotatable bonds is 4. The van der Waals surface area contributed by atoms with Crippen molar-refractivity contribution in [1.29, 1.82) is 0 Å². The molecule has 1 unspecified atom stereocenters. The summed E-state index contributed by atoms with van der Waals surface area (Å²) in [5.74, 6) is 0.553. The number of fused-ring (bicyclic) bond motifs is 1. The second kappa shape index (κ2) is 8.85. The highest BCUT2D eigenvalue weighted by Gasteiger charge is 2.43. The average molecular weight is 427 g/mol. The first-order chi connectivity index (χ1) is 14.8. The molecule has 0 aliphatic carbocycles. The van der Waals surface area contributed by atoms with Gasteiger partial charge in [-0.3, -0.25) is 9.80 Å². The van der Waals surface area contributed by atoms with Crippen molar-refractivity contribution >= 4 is 11.7 Å². The Kier molecular flexibility index (Phi) is 6.16. The van der Waals surface area contributed by atoms with Crippen molar-refractivity contribution < 1.29 is 13.9 Å². The third-order valence-corrected chi connectivity index (χ3v) is 6.29. The number of benzene rings is 2. The Morgan fingerprint density at radius 2 is 1.81 bits per heavy atom. The predicted octanol–water partition coefficient (Wildman–Crippen LogP) is 3.65. The highest BCUT2D eigenvalue weighted by Crippen LogP contribution is 2.29. The number of carbonyl (C=O) groups excluding carboxylic acids is 1. The van der Waals surface area contributed by atoms with Gasteiger partial charge in [0.15, 0.2) is 0 Å². The van der Waals surface area contributed by atoms with E-state index in [4.69, 9.17) is 4.74 Å². The molecule has 2 aromatic rings. The van der Waals surface area contributed by atoms with Gasteiger partial charge in [-0.25, -0.2) is 9.18 Å². The van der Waals surface area contributed by atoms with Gasteiger partial charge in [0.25, 0.3) is 0 Å². The minimum absolute atomic E-state index is 0.0366. The van der Waals surface area contributed by atoms with Crippen LogP contribution in [-0.2, 0) is 6.54 Å². The zero-order valence-corrected chi connectivity index (χ0v) is 18.5. The fourth-order valence-corrected chi connectivity index (χ4v) is 4.84. The number of amides is 2. The van der Waals surface area contributed by atoms with Gasteiger partial charge in [-0.15, -0.1) is 0 Å². The number of hydrogen-bond donors (Lipinski definition) is 1. The Hall–Kier alpha value is -2.64. The van der Waals surface area contributed by atoms with Crippen molar-refractivity contribution in [1.82, 2.24) is 14.7 Å². The topological polar surface area (TPSA) is 48.1 Å². The van der Waals surface area contributed by atoms with Crippen molar-refractivity contribution in [3.05, 3.63) is 59.9 Å². The first-order valence-electron chi connectivity index (χ1n) is 10.8. The molecule has 0 saturated carbocycles. The Bertz CT molecular complexity index is 901. The predicted molar refractivity (Wildman–Crippen MR) is 120 cm³/mol. The first-order valence-corrected chi connectivity index (χ1v) is 10.8. The van der Waals surface area contributed by atoms with Gasteiger partial charge >= 0.3 is 6.03 Å². The highest BCUT2D eigenvalue weighted by atomic mass is 19.1. The van der Waals surface area contributed by atoms with E-state index in [0.29, 0.717) is 18.8 Å². The molecular weight excluding hydrogens is 395 g/mol. The number of piperazine rings is 2. The lowest BCUT2D eigenvalue weighted by molar-refractivity contribution is -0.0582. The standard InChI is InChI=1S/C24H31FN4O2/c1-24(2)17-27(14-18-4-10-22(31-3)11-5-18)15-21-16-28(12-13-29(21)24)23(30)26-20-8-6-19(25)7-9-20/h4-11,21H,12-17H2,1-3H3,(H,26,30). The largest absolute Gasteiger partial charge is 0.497 e. The van der Waals surface area contributed by atoms with E-state index in [1.807, 2.05) is 17.0 Å². The van der Waals surface area contributed by atoms with Crippen LogP contribution in [0.15, 0.2) is 48.5 Å². The van der Waals surface area contributed by atoms with Gasteiger partial charge < -0.3 is 15.0 Å². The van der Waals surface area contributed by atoms with Crippen LogP contribution in [0, 0.1) is 5.82 Å². The molecule has 166 valence electrons. The minimum Gasteiger partial charge on any atom is -0.497 e. The van der Waals surface area contributed by atoms with Crippen molar-refractivity contribution in [2.24, 2.45) is 0 Å². The normalized spacial score (nSPS) is 21.4. The summed E-state index contributed by atoms with van der Waals surface area (Å²) in [5.41, 5.74) is 1.90. The molecule has 2 aliphatic heterocycles. The van der Waals surface area contributed by atoms with Crippen molar-refractivity contribution in [3.63, 3.8) is 0 Å². The summed E-state index contributed by atoms with van der Waals surface area (Å²) >= 11 is 0. The molecule has 31 heavy (non-hydrogen) atoms. The van der Waals surface area contributed by atoms with Gasteiger partial charge in [0, 0.05) is 56.5 Å². The fraction of sp³-hybridized carbons (Fsp3) is 0.458. The van der Waals surface area contributed by atoms with Crippen molar-refractivity contribution in [3.8, 4) is 5.75 Å². The Labute approximate surface area is 183 Å². The molecule has 0 spiro atoms. The smallest absolute Gasteiger partial charge is 0.321 e.